The van der Waals surface area contributed by atoms with Crippen LogP contribution in [0.1, 0.15) is 11.4 Å². The molecule has 2 rings (SSSR count). The van der Waals surface area contributed by atoms with Gasteiger partial charge in [0.2, 0.25) is 0 Å². The van der Waals surface area contributed by atoms with Crippen molar-refractivity contribution in [1.82, 2.24) is 9.78 Å². The summed E-state index contributed by atoms with van der Waals surface area (Å²) in [4.78, 5) is 0. The van der Waals surface area contributed by atoms with Crippen LogP contribution in [0.2, 0.25) is 0 Å². The zero-order chi connectivity index (χ0) is 12.6. The van der Waals surface area contributed by atoms with Crippen molar-refractivity contribution >= 4 is 21.6 Å². The monoisotopic (exact) mass is 295 g/mol. The summed E-state index contributed by atoms with van der Waals surface area (Å²) in [5, 5.41) is 4.45. The minimum Gasteiger partial charge on any atom is -0.495 e. The van der Waals surface area contributed by atoms with Gasteiger partial charge in [-0.1, -0.05) is 6.07 Å². The summed E-state index contributed by atoms with van der Waals surface area (Å²) in [5.41, 5.74) is 9.42. The van der Waals surface area contributed by atoms with Crippen LogP contribution in [-0.2, 0) is 0 Å². The summed E-state index contributed by atoms with van der Waals surface area (Å²) >= 11 is 3.50. The smallest absolute Gasteiger partial charge is 0.143 e. The topological polar surface area (TPSA) is 53.1 Å². The summed E-state index contributed by atoms with van der Waals surface area (Å²) in [7, 11) is 1.60. The number of aryl methyl sites for hydroxylation is 1. The average Bonchev–Trinajstić information content (AvgIpc) is 2.57. The lowest BCUT2D eigenvalue weighted by Crippen LogP contribution is -2.04. The fraction of sp³-hybridized carbons (Fsp3) is 0.250. The lowest BCUT2D eigenvalue weighted by atomic mass is 10.2. The lowest BCUT2D eigenvalue weighted by Gasteiger charge is -2.11. The predicted molar refractivity (Wildman–Crippen MR) is 71.7 cm³/mol. The van der Waals surface area contributed by atoms with Crippen LogP contribution in [0.3, 0.4) is 0 Å². The molecule has 2 N–H and O–H groups in total. The molecule has 0 saturated carbocycles. The largest absolute Gasteiger partial charge is 0.495 e. The molecule has 0 atom stereocenters. The maximum atomic E-state index is 6.05. The van der Waals surface area contributed by atoms with E-state index in [-0.39, 0.29) is 0 Å². The maximum Gasteiger partial charge on any atom is 0.143 e. The Morgan fingerprint density at radius 3 is 2.59 bits per heavy atom. The molecular formula is C12H14BrN3O. The summed E-state index contributed by atoms with van der Waals surface area (Å²) in [6, 6.07) is 5.65. The number of benzene rings is 1. The zero-order valence-corrected chi connectivity index (χ0v) is 11.6. The standard InChI is InChI=1S/C12H14BrN3O/c1-7-11(13)8(2)16(15-7)9-5-4-6-10(17-3)12(9)14/h4-6H,14H2,1-3H3. The normalized spacial score (nSPS) is 10.6. The highest BCUT2D eigenvalue weighted by molar-refractivity contribution is 9.10. The Labute approximate surface area is 109 Å². The third kappa shape index (κ3) is 1.91. The zero-order valence-electron chi connectivity index (χ0n) is 9.99. The Morgan fingerprint density at radius 1 is 1.35 bits per heavy atom. The molecule has 0 saturated heterocycles. The van der Waals surface area contributed by atoms with E-state index in [4.69, 9.17) is 10.5 Å². The summed E-state index contributed by atoms with van der Waals surface area (Å²) in [5.74, 6) is 0.658. The number of rotatable bonds is 2. The molecule has 0 unspecified atom stereocenters. The Bertz CT molecular complexity index is 563. The van der Waals surface area contributed by atoms with Crippen molar-refractivity contribution in [3.63, 3.8) is 0 Å². The highest BCUT2D eigenvalue weighted by atomic mass is 79.9. The molecule has 5 heteroatoms. The minimum absolute atomic E-state index is 0.591. The molecular weight excluding hydrogens is 282 g/mol. The summed E-state index contributed by atoms with van der Waals surface area (Å²) in [6.45, 7) is 3.94. The SMILES string of the molecule is COc1cccc(-n2nc(C)c(Br)c2C)c1N. The molecule has 0 aliphatic carbocycles. The van der Waals surface area contributed by atoms with Gasteiger partial charge in [0.1, 0.15) is 11.4 Å². The van der Waals surface area contributed by atoms with Crippen molar-refractivity contribution in [2.75, 3.05) is 12.8 Å². The highest BCUT2D eigenvalue weighted by Crippen LogP contribution is 2.30. The second kappa shape index (κ2) is 4.41. The Kier molecular flexibility index (Phi) is 3.11. The molecule has 0 amide bonds. The van der Waals surface area contributed by atoms with E-state index >= 15 is 0 Å². The number of aromatic nitrogens is 2. The first-order valence-electron chi connectivity index (χ1n) is 5.20. The number of nitrogens with zero attached hydrogens (tertiary/aromatic N) is 2. The van der Waals surface area contributed by atoms with Crippen LogP contribution >= 0.6 is 15.9 Å². The average molecular weight is 296 g/mol. The summed E-state index contributed by atoms with van der Waals surface area (Å²) < 4.78 is 8.02. The van der Waals surface area contributed by atoms with Crippen molar-refractivity contribution in [3.05, 3.63) is 34.1 Å². The Hall–Kier alpha value is -1.49. The number of hydrogen-bond donors (Lipinski definition) is 1. The van der Waals surface area contributed by atoms with Gasteiger partial charge in [-0.15, -0.1) is 0 Å². The molecule has 0 fully saturated rings. The molecule has 0 aliphatic heterocycles. The van der Waals surface area contributed by atoms with E-state index in [9.17, 15) is 0 Å². The number of para-hydroxylation sites is 1. The van der Waals surface area contributed by atoms with Crippen LogP contribution in [0.15, 0.2) is 22.7 Å². The van der Waals surface area contributed by atoms with Crippen LogP contribution < -0.4 is 10.5 Å². The highest BCUT2D eigenvalue weighted by Gasteiger charge is 2.14. The van der Waals surface area contributed by atoms with Gasteiger partial charge in [-0.05, 0) is 41.9 Å². The number of anilines is 1. The van der Waals surface area contributed by atoms with E-state index in [1.54, 1.807) is 7.11 Å². The van der Waals surface area contributed by atoms with E-state index in [0.29, 0.717) is 11.4 Å². The van der Waals surface area contributed by atoms with Crippen molar-refractivity contribution in [3.8, 4) is 11.4 Å². The van der Waals surface area contributed by atoms with Crippen molar-refractivity contribution in [2.45, 2.75) is 13.8 Å². The number of halogens is 1. The van der Waals surface area contributed by atoms with Crippen LogP contribution in [0.4, 0.5) is 5.69 Å². The number of ether oxygens (including phenoxy) is 1. The second-order valence-electron chi connectivity index (χ2n) is 3.79. The molecule has 0 aliphatic rings. The first-order chi connectivity index (χ1) is 8.06. The first-order valence-corrected chi connectivity index (χ1v) is 6.00. The Morgan fingerprint density at radius 2 is 2.06 bits per heavy atom. The van der Waals surface area contributed by atoms with Gasteiger partial charge >= 0.3 is 0 Å². The molecule has 17 heavy (non-hydrogen) atoms. The fourth-order valence-corrected chi connectivity index (χ4v) is 2.00. The second-order valence-corrected chi connectivity index (χ2v) is 4.58. The predicted octanol–water partition coefficient (Wildman–Crippen LogP) is 2.84. The fourth-order valence-electron chi connectivity index (χ4n) is 1.75. The molecule has 4 nitrogen and oxygen atoms in total. The van der Waals surface area contributed by atoms with E-state index in [2.05, 4.69) is 21.0 Å². The van der Waals surface area contributed by atoms with Gasteiger partial charge in [0.15, 0.2) is 0 Å². The van der Waals surface area contributed by atoms with E-state index in [1.165, 1.54) is 0 Å². The van der Waals surface area contributed by atoms with Crippen LogP contribution in [-0.4, -0.2) is 16.9 Å². The third-order valence-corrected chi connectivity index (χ3v) is 3.84. The van der Waals surface area contributed by atoms with Crippen molar-refractivity contribution in [1.29, 1.82) is 0 Å². The third-order valence-electron chi connectivity index (χ3n) is 2.69. The van der Waals surface area contributed by atoms with Gasteiger partial charge < -0.3 is 10.5 Å². The molecule has 1 aromatic carbocycles. The molecule has 1 heterocycles. The van der Waals surface area contributed by atoms with Crippen molar-refractivity contribution in [2.24, 2.45) is 0 Å². The quantitative estimate of drug-likeness (QED) is 0.867. The van der Waals surface area contributed by atoms with E-state index in [1.807, 2.05) is 36.7 Å². The van der Waals surface area contributed by atoms with E-state index in [0.717, 1.165) is 21.5 Å². The minimum atomic E-state index is 0.591. The van der Waals surface area contributed by atoms with Gasteiger partial charge in [-0.3, -0.25) is 0 Å². The van der Waals surface area contributed by atoms with Gasteiger partial charge in [0, 0.05) is 0 Å². The first kappa shape index (κ1) is 12.0. The molecule has 90 valence electrons. The van der Waals surface area contributed by atoms with Gasteiger partial charge in [-0.25, -0.2) is 4.68 Å². The number of hydrogen-bond acceptors (Lipinski definition) is 3. The summed E-state index contributed by atoms with van der Waals surface area (Å²) in [6.07, 6.45) is 0. The van der Waals surface area contributed by atoms with Crippen LogP contribution in [0, 0.1) is 13.8 Å². The Balaban J connectivity index is 2.64. The maximum absolute atomic E-state index is 6.05. The number of nitrogen functional groups attached to an aromatic ring is 1. The lowest BCUT2D eigenvalue weighted by molar-refractivity contribution is 0.416. The van der Waals surface area contributed by atoms with Crippen LogP contribution in [0.5, 0.6) is 5.75 Å². The molecule has 0 radical (unpaired) electrons. The molecule has 0 bridgehead atoms. The van der Waals surface area contributed by atoms with Gasteiger partial charge in [0.05, 0.1) is 28.7 Å². The van der Waals surface area contributed by atoms with Gasteiger partial charge in [0.25, 0.3) is 0 Å². The number of methoxy groups -OCH3 is 1. The van der Waals surface area contributed by atoms with Crippen LogP contribution in [0.25, 0.3) is 5.69 Å². The molecule has 0 spiro atoms. The number of nitrogens with two attached hydrogens (primary N) is 1. The van der Waals surface area contributed by atoms with E-state index < -0.39 is 0 Å². The van der Waals surface area contributed by atoms with Crippen molar-refractivity contribution < 1.29 is 4.74 Å². The molecule has 2 aromatic rings. The van der Waals surface area contributed by atoms with Gasteiger partial charge in [-0.2, -0.15) is 5.10 Å². The molecule has 1 aromatic heterocycles.